The van der Waals surface area contributed by atoms with E-state index in [0.29, 0.717) is 6.54 Å². The van der Waals surface area contributed by atoms with Crippen LogP contribution in [0.5, 0.6) is 0 Å². The number of hydrogen-bond acceptors (Lipinski definition) is 1. The lowest BCUT2D eigenvalue weighted by molar-refractivity contribution is -0.00948. The van der Waals surface area contributed by atoms with Crippen LogP contribution in [0.3, 0.4) is 0 Å². The zero-order valence-electron chi connectivity index (χ0n) is 8.20. The smallest absolute Gasteiger partial charge is 0.291 e. The van der Waals surface area contributed by atoms with Crippen LogP contribution < -0.4 is 5.32 Å². The Hall–Kier alpha value is -1.44. The van der Waals surface area contributed by atoms with Gasteiger partial charge in [-0.25, -0.2) is 0 Å². The predicted octanol–water partition coefficient (Wildman–Crippen LogP) is 1.35. The third kappa shape index (κ3) is 1.60. The maximum Gasteiger partial charge on any atom is 0.291 e. The number of benzene rings is 1. The second-order valence-electron chi connectivity index (χ2n) is 3.69. The molecular formula is C11H13N3. The number of aryl methyl sites for hydroxylation is 1. The van der Waals surface area contributed by atoms with E-state index in [9.17, 15) is 0 Å². The zero-order valence-corrected chi connectivity index (χ0v) is 8.20. The summed E-state index contributed by atoms with van der Waals surface area (Å²) in [6, 6.07) is 8.36. The fourth-order valence-corrected chi connectivity index (χ4v) is 1.80. The Morgan fingerprint density at radius 2 is 2.07 bits per heavy atom. The van der Waals surface area contributed by atoms with Crippen LogP contribution in [-0.4, -0.2) is 23.6 Å². The first-order valence-corrected chi connectivity index (χ1v) is 4.79. The van der Waals surface area contributed by atoms with E-state index >= 15 is 0 Å². The van der Waals surface area contributed by atoms with Gasteiger partial charge in [0.1, 0.15) is 0 Å². The van der Waals surface area contributed by atoms with E-state index in [1.807, 2.05) is 0 Å². The summed E-state index contributed by atoms with van der Waals surface area (Å²) in [5.41, 5.74) is 12.1. The third-order valence-corrected chi connectivity index (χ3v) is 2.66. The summed E-state index contributed by atoms with van der Waals surface area (Å²) < 4.78 is 0. The van der Waals surface area contributed by atoms with Gasteiger partial charge in [-0.3, -0.25) is 0 Å². The molecule has 0 bridgehead atoms. The highest BCUT2D eigenvalue weighted by Gasteiger charge is 2.30. The molecule has 0 aromatic heterocycles. The largest absolute Gasteiger partial charge is 0.362 e. The van der Waals surface area contributed by atoms with Crippen molar-refractivity contribution in [1.82, 2.24) is 5.32 Å². The zero-order chi connectivity index (χ0) is 9.97. The highest BCUT2D eigenvalue weighted by molar-refractivity contribution is 5.90. The van der Waals surface area contributed by atoms with E-state index in [1.54, 1.807) is 0 Å². The van der Waals surface area contributed by atoms with Crippen molar-refractivity contribution < 1.29 is 4.79 Å². The lowest BCUT2D eigenvalue weighted by Gasteiger charge is -2.04. The summed E-state index contributed by atoms with van der Waals surface area (Å²) in [6.45, 7) is 3.62. The van der Waals surface area contributed by atoms with Gasteiger partial charge in [0.25, 0.3) is 5.71 Å². The van der Waals surface area contributed by atoms with Crippen molar-refractivity contribution in [3.8, 4) is 0 Å². The van der Waals surface area contributed by atoms with E-state index in [-0.39, 0.29) is 5.92 Å². The number of nitrogens with zero attached hydrogens (tertiary/aromatic N) is 2. The molecule has 0 spiro atoms. The standard InChI is InChI=1S/C11H13N3/c1-8-2-4-9(5-3-8)10-6-13-7-11(10)14-12/h2-5,10,13H,6-7H2,1H3. The molecule has 1 aliphatic rings. The molecule has 0 radical (unpaired) electrons. The van der Waals surface area contributed by atoms with Crippen LogP contribution in [0.1, 0.15) is 17.0 Å². The normalized spacial score (nSPS) is 20.9. The molecule has 3 nitrogen and oxygen atoms in total. The van der Waals surface area contributed by atoms with E-state index in [4.69, 9.17) is 5.53 Å². The van der Waals surface area contributed by atoms with Gasteiger partial charge in [-0.15, -0.1) is 0 Å². The molecule has 1 N–H and O–H groups in total. The molecule has 2 rings (SSSR count). The van der Waals surface area contributed by atoms with Crippen molar-refractivity contribution in [3.05, 3.63) is 40.9 Å². The molecule has 1 heterocycles. The summed E-state index contributed by atoms with van der Waals surface area (Å²) in [6.07, 6.45) is 0. The maximum atomic E-state index is 8.80. The van der Waals surface area contributed by atoms with Crippen LogP contribution in [-0.2, 0) is 0 Å². The Morgan fingerprint density at radius 3 is 2.71 bits per heavy atom. The summed E-state index contributed by atoms with van der Waals surface area (Å²) in [4.78, 5) is 3.32. The SMILES string of the molecule is Cc1ccc(C2CNCC2=[N+]=[N-])cc1. The highest BCUT2D eigenvalue weighted by atomic mass is 15.0. The quantitative estimate of drug-likeness (QED) is 0.523. The maximum absolute atomic E-state index is 8.80. The van der Waals surface area contributed by atoms with Gasteiger partial charge in [0.15, 0.2) is 0 Å². The van der Waals surface area contributed by atoms with E-state index < -0.39 is 0 Å². The molecule has 0 saturated carbocycles. The van der Waals surface area contributed by atoms with Gasteiger partial charge in [-0.05, 0) is 12.5 Å². The minimum absolute atomic E-state index is 0.237. The Labute approximate surface area is 83.4 Å². The minimum Gasteiger partial charge on any atom is -0.362 e. The molecule has 1 aliphatic heterocycles. The Bertz CT molecular complexity index is 374. The second-order valence-corrected chi connectivity index (χ2v) is 3.69. The first kappa shape index (κ1) is 9.13. The average Bonchev–Trinajstić information content (AvgIpc) is 2.67. The van der Waals surface area contributed by atoms with Gasteiger partial charge in [0.2, 0.25) is 0 Å². The van der Waals surface area contributed by atoms with Gasteiger partial charge in [0.05, 0.1) is 12.5 Å². The molecule has 3 heteroatoms. The van der Waals surface area contributed by atoms with Crippen LogP contribution in [0, 0.1) is 6.92 Å². The topological polar surface area (TPSA) is 48.4 Å². The van der Waals surface area contributed by atoms with Crippen molar-refractivity contribution in [2.24, 2.45) is 0 Å². The van der Waals surface area contributed by atoms with Crippen LogP contribution >= 0.6 is 0 Å². The molecule has 1 aromatic rings. The first-order valence-electron chi connectivity index (χ1n) is 4.79. The van der Waals surface area contributed by atoms with Crippen LogP contribution in [0.25, 0.3) is 5.53 Å². The summed E-state index contributed by atoms with van der Waals surface area (Å²) in [5, 5.41) is 3.20. The van der Waals surface area contributed by atoms with Crippen LogP contribution in [0.4, 0.5) is 0 Å². The highest BCUT2D eigenvalue weighted by Crippen LogP contribution is 2.19. The van der Waals surface area contributed by atoms with Crippen molar-refractivity contribution in [3.63, 3.8) is 0 Å². The van der Waals surface area contributed by atoms with Gasteiger partial charge >= 0.3 is 0 Å². The molecule has 0 amide bonds. The van der Waals surface area contributed by atoms with Crippen LogP contribution in [0.15, 0.2) is 24.3 Å². The van der Waals surface area contributed by atoms with Gasteiger partial charge in [-0.2, -0.15) is 4.79 Å². The van der Waals surface area contributed by atoms with Crippen molar-refractivity contribution in [1.29, 1.82) is 0 Å². The first-order chi connectivity index (χ1) is 6.81. The monoisotopic (exact) mass is 187 g/mol. The molecule has 1 aromatic carbocycles. The van der Waals surface area contributed by atoms with E-state index in [1.165, 1.54) is 11.1 Å². The fourth-order valence-electron chi connectivity index (χ4n) is 1.80. The minimum atomic E-state index is 0.237. The fraction of sp³-hybridized carbons (Fsp3) is 0.364. The molecule has 0 aliphatic carbocycles. The molecule has 72 valence electrons. The summed E-state index contributed by atoms with van der Waals surface area (Å²) >= 11 is 0. The lowest BCUT2D eigenvalue weighted by atomic mass is 9.96. The lowest BCUT2D eigenvalue weighted by Crippen LogP contribution is -2.10. The van der Waals surface area contributed by atoms with Gasteiger partial charge in [-0.1, -0.05) is 29.8 Å². The van der Waals surface area contributed by atoms with Crippen molar-refractivity contribution in [2.75, 3.05) is 13.1 Å². The molecule has 1 fully saturated rings. The van der Waals surface area contributed by atoms with Crippen molar-refractivity contribution >= 4 is 5.71 Å². The van der Waals surface area contributed by atoms with E-state index in [0.717, 1.165) is 12.3 Å². The van der Waals surface area contributed by atoms with E-state index in [2.05, 4.69) is 41.3 Å². The molecule has 1 atom stereocenters. The Balaban J connectivity index is 2.31. The average molecular weight is 187 g/mol. The second kappa shape index (κ2) is 3.74. The Morgan fingerprint density at radius 1 is 1.36 bits per heavy atom. The third-order valence-electron chi connectivity index (χ3n) is 2.66. The molecule has 14 heavy (non-hydrogen) atoms. The summed E-state index contributed by atoms with van der Waals surface area (Å²) in [7, 11) is 0. The number of nitrogens with one attached hydrogen (secondary N) is 1. The predicted molar refractivity (Wildman–Crippen MR) is 55.4 cm³/mol. The Kier molecular flexibility index (Phi) is 2.44. The molecular weight excluding hydrogens is 174 g/mol. The number of hydrogen-bond donors (Lipinski definition) is 1. The number of rotatable bonds is 1. The molecule has 1 unspecified atom stereocenters. The molecule has 1 saturated heterocycles. The van der Waals surface area contributed by atoms with Gasteiger partial charge in [0, 0.05) is 6.54 Å². The van der Waals surface area contributed by atoms with Crippen molar-refractivity contribution in [2.45, 2.75) is 12.8 Å². The summed E-state index contributed by atoms with van der Waals surface area (Å²) in [5.74, 6) is 0.237. The van der Waals surface area contributed by atoms with Crippen LogP contribution in [0.2, 0.25) is 0 Å². The van der Waals surface area contributed by atoms with Gasteiger partial charge < -0.3 is 10.8 Å².